The number of rotatable bonds is 7. The van der Waals surface area contributed by atoms with Crippen molar-refractivity contribution < 1.29 is 4.39 Å². The number of benzene rings is 1. The van der Waals surface area contributed by atoms with Gasteiger partial charge in [0.05, 0.1) is 0 Å². The van der Waals surface area contributed by atoms with Gasteiger partial charge in [-0.25, -0.2) is 4.39 Å². The van der Waals surface area contributed by atoms with Crippen LogP contribution in [0.1, 0.15) is 58.1 Å². The van der Waals surface area contributed by atoms with Gasteiger partial charge in [-0.05, 0) is 55.7 Å². The third-order valence-corrected chi connectivity index (χ3v) is 4.24. The lowest BCUT2D eigenvalue weighted by Gasteiger charge is -2.25. The maximum absolute atomic E-state index is 13.0. The smallest absolute Gasteiger partial charge is 0.123 e. The van der Waals surface area contributed by atoms with Gasteiger partial charge in [0.2, 0.25) is 0 Å². The zero-order valence-corrected chi connectivity index (χ0v) is 12.3. The second kappa shape index (κ2) is 6.51. The van der Waals surface area contributed by atoms with Crippen molar-refractivity contribution in [1.29, 1.82) is 0 Å². The highest BCUT2D eigenvalue weighted by molar-refractivity contribution is 5.22. The normalized spacial score (nSPS) is 20.0. The minimum Gasteiger partial charge on any atom is -0.307 e. The van der Waals surface area contributed by atoms with Gasteiger partial charge in [0, 0.05) is 12.1 Å². The molecule has 0 bridgehead atoms. The number of hydrogen-bond donors (Lipinski definition) is 1. The summed E-state index contributed by atoms with van der Waals surface area (Å²) < 4.78 is 13.0. The lowest BCUT2D eigenvalue weighted by molar-refractivity contribution is 0.357. The summed E-state index contributed by atoms with van der Waals surface area (Å²) >= 11 is 0. The third kappa shape index (κ3) is 4.31. The molecule has 0 radical (unpaired) electrons. The zero-order valence-electron chi connectivity index (χ0n) is 12.3. The molecule has 1 nitrogen and oxygen atoms in total. The molecule has 0 amide bonds. The van der Waals surface area contributed by atoms with Crippen LogP contribution in [0.5, 0.6) is 0 Å². The van der Waals surface area contributed by atoms with Crippen LogP contribution in [0.4, 0.5) is 4.39 Å². The predicted octanol–water partition coefficient (Wildman–Crippen LogP) is 4.69. The Hall–Kier alpha value is -0.890. The van der Waals surface area contributed by atoms with E-state index in [0.29, 0.717) is 12.1 Å². The second-order valence-corrected chi connectivity index (χ2v) is 6.18. The Morgan fingerprint density at radius 1 is 1.21 bits per heavy atom. The molecule has 3 unspecified atom stereocenters. The lowest BCUT2D eigenvalue weighted by Crippen LogP contribution is -2.33. The molecule has 1 aliphatic carbocycles. The Bertz CT molecular complexity index is 383. The van der Waals surface area contributed by atoms with E-state index in [-0.39, 0.29) is 5.82 Å². The number of halogens is 1. The van der Waals surface area contributed by atoms with E-state index in [4.69, 9.17) is 0 Å². The average Bonchev–Trinajstić information content (AvgIpc) is 3.21. The van der Waals surface area contributed by atoms with Gasteiger partial charge in [0.25, 0.3) is 0 Å². The van der Waals surface area contributed by atoms with Crippen LogP contribution >= 0.6 is 0 Å². The molecule has 1 aromatic carbocycles. The van der Waals surface area contributed by atoms with E-state index < -0.39 is 0 Å². The Morgan fingerprint density at radius 3 is 2.37 bits per heavy atom. The van der Waals surface area contributed by atoms with Crippen molar-refractivity contribution in [3.63, 3.8) is 0 Å². The van der Waals surface area contributed by atoms with E-state index in [1.165, 1.54) is 31.2 Å². The highest BCUT2D eigenvalue weighted by Gasteiger charge is 2.33. The minimum atomic E-state index is -0.147. The zero-order chi connectivity index (χ0) is 13.8. The molecule has 0 saturated heterocycles. The Kier molecular flexibility index (Phi) is 4.98. The second-order valence-electron chi connectivity index (χ2n) is 6.18. The Balaban J connectivity index is 1.98. The molecular weight excluding hydrogens is 237 g/mol. The third-order valence-electron chi connectivity index (χ3n) is 4.24. The molecule has 0 aliphatic heterocycles. The van der Waals surface area contributed by atoms with Crippen molar-refractivity contribution in [2.75, 3.05) is 0 Å². The fraction of sp³-hybridized carbons (Fsp3) is 0.647. The molecule has 0 heterocycles. The Morgan fingerprint density at radius 2 is 1.84 bits per heavy atom. The van der Waals surface area contributed by atoms with Crippen LogP contribution in [0, 0.1) is 17.7 Å². The van der Waals surface area contributed by atoms with E-state index in [0.717, 1.165) is 11.8 Å². The van der Waals surface area contributed by atoms with Crippen LogP contribution in [0.25, 0.3) is 0 Å². The topological polar surface area (TPSA) is 12.0 Å². The summed E-state index contributed by atoms with van der Waals surface area (Å²) in [4.78, 5) is 0. The first-order chi connectivity index (χ1) is 9.10. The maximum atomic E-state index is 13.0. The molecule has 19 heavy (non-hydrogen) atoms. The van der Waals surface area contributed by atoms with Crippen molar-refractivity contribution in [2.45, 2.75) is 58.5 Å². The van der Waals surface area contributed by atoms with Crippen molar-refractivity contribution in [2.24, 2.45) is 11.8 Å². The van der Waals surface area contributed by atoms with Crippen LogP contribution < -0.4 is 5.32 Å². The molecule has 1 aliphatic rings. The summed E-state index contributed by atoms with van der Waals surface area (Å²) in [6.45, 7) is 6.82. The van der Waals surface area contributed by atoms with E-state index in [1.807, 2.05) is 12.1 Å². The van der Waals surface area contributed by atoms with Gasteiger partial charge in [-0.15, -0.1) is 0 Å². The average molecular weight is 263 g/mol. The summed E-state index contributed by atoms with van der Waals surface area (Å²) in [6, 6.07) is 7.94. The summed E-state index contributed by atoms with van der Waals surface area (Å²) in [5.41, 5.74) is 1.24. The largest absolute Gasteiger partial charge is 0.307 e. The van der Waals surface area contributed by atoms with Crippen LogP contribution in [-0.2, 0) is 0 Å². The highest BCUT2D eigenvalue weighted by atomic mass is 19.1. The monoisotopic (exact) mass is 263 g/mol. The first-order valence-electron chi connectivity index (χ1n) is 7.61. The number of nitrogens with one attached hydrogen (secondary N) is 1. The molecule has 1 N–H and O–H groups in total. The van der Waals surface area contributed by atoms with Crippen LogP contribution in [0.3, 0.4) is 0 Å². The minimum absolute atomic E-state index is 0.147. The highest BCUT2D eigenvalue weighted by Crippen LogP contribution is 2.41. The maximum Gasteiger partial charge on any atom is 0.123 e. The van der Waals surface area contributed by atoms with Gasteiger partial charge in [0.15, 0.2) is 0 Å². The van der Waals surface area contributed by atoms with Gasteiger partial charge >= 0.3 is 0 Å². The summed E-state index contributed by atoms with van der Waals surface area (Å²) in [5.74, 6) is 1.35. The van der Waals surface area contributed by atoms with Crippen molar-refractivity contribution >= 4 is 0 Å². The first-order valence-corrected chi connectivity index (χ1v) is 7.61. The standard InChI is InChI=1S/C17H26FN/c1-4-12(2)11-13(3)19-17(14-5-6-14)15-7-9-16(18)10-8-15/h7-10,12-14,17,19H,4-6,11H2,1-3H3. The fourth-order valence-corrected chi connectivity index (χ4v) is 2.75. The molecule has 2 heteroatoms. The van der Waals surface area contributed by atoms with E-state index in [2.05, 4.69) is 26.1 Å². The summed E-state index contributed by atoms with van der Waals surface area (Å²) in [5, 5.41) is 3.76. The van der Waals surface area contributed by atoms with Gasteiger partial charge in [0.1, 0.15) is 5.82 Å². The molecular formula is C17H26FN. The van der Waals surface area contributed by atoms with E-state index in [9.17, 15) is 4.39 Å². The summed E-state index contributed by atoms with van der Waals surface area (Å²) in [6.07, 6.45) is 5.04. The Labute approximate surface area is 116 Å². The van der Waals surface area contributed by atoms with Crippen LogP contribution in [0.15, 0.2) is 24.3 Å². The van der Waals surface area contributed by atoms with E-state index in [1.54, 1.807) is 12.1 Å². The molecule has 2 rings (SSSR count). The van der Waals surface area contributed by atoms with E-state index >= 15 is 0 Å². The first kappa shape index (κ1) is 14.5. The number of hydrogen-bond acceptors (Lipinski definition) is 1. The van der Waals surface area contributed by atoms with Crippen molar-refractivity contribution in [3.8, 4) is 0 Å². The van der Waals surface area contributed by atoms with Gasteiger partial charge in [-0.2, -0.15) is 0 Å². The van der Waals surface area contributed by atoms with Crippen molar-refractivity contribution in [3.05, 3.63) is 35.6 Å². The molecule has 1 aromatic rings. The van der Waals surface area contributed by atoms with Crippen LogP contribution in [0.2, 0.25) is 0 Å². The molecule has 0 spiro atoms. The summed E-state index contributed by atoms with van der Waals surface area (Å²) in [7, 11) is 0. The van der Waals surface area contributed by atoms with Crippen molar-refractivity contribution in [1.82, 2.24) is 5.32 Å². The van der Waals surface area contributed by atoms with Gasteiger partial charge in [-0.1, -0.05) is 32.4 Å². The fourth-order valence-electron chi connectivity index (χ4n) is 2.75. The molecule has 106 valence electrons. The molecule has 3 atom stereocenters. The lowest BCUT2D eigenvalue weighted by atomic mass is 9.97. The van der Waals surface area contributed by atoms with Crippen LogP contribution in [-0.4, -0.2) is 6.04 Å². The predicted molar refractivity (Wildman–Crippen MR) is 78.5 cm³/mol. The SMILES string of the molecule is CCC(C)CC(C)NC(c1ccc(F)cc1)C1CC1. The quantitative estimate of drug-likeness (QED) is 0.752. The van der Waals surface area contributed by atoms with Gasteiger partial charge < -0.3 is 5.32 Å². The molecule has 0 aromatic heterocycles. The molecule has 1 fully saturated rings. The molecule has 1 saturated carbocycles. The van der Waals surface area contributed by atoms with Gasteiger partial charge in [-0.3, -0.25) is 0 Å².